The minimum atomic E-state index is -0.0883. The Morgan fingerprint density at radius 1 is 1.16 bits per heavy atom. The summed E-state index contributed by atoms with van der Waals surface area (Å²) >= 11 is 0. The molecule has 4 nitrogen and oxygen atoms in total. The van der Waals surface area contributed by atoms with E-state index >= 15 is 0 Å². The zero-order valence-corrected chi connectivity index (χ0v) is 15.2. The summed E-state index contributed by atoms with van der Waals surface area (Å²) in [4.78, 5) is 15.0. The molecule has 4 rings (SSSR count). The maximum atomic E-state index is 13.2. The van der Waals surface area contributed by atoms with Crippen molar-refractivity contribution in [2.75, 3.05) is 17.2 Å². The summed E-state index contributed by atoms with van der Waals surface area (Å²) in [7, 11) is 0. The van der Waals surface area contributed by atoms with Crippen molar-refractivity contribution in [1.29, 1.82) is 0 Å². The van der Waals surface area contributed by atoms with Crippen LogP contribution in [0.5, 0.6) is 0 Å². The normalized spacial score (nSPS) is 13.4. The molecule has 0 atom stereocenters. The molecule has 0 aliphatic carbocycles. The third-order valence-corrected chi connectivity index (χ3v) is 4.89. The van der Waals surface area contributed by atoms with Crippen molar-refractivity contribution < 1.29 is 9.21 Å². The smallest absolute Gasteiger partial charge is 0.294 e. The fourth-order valence-electron chi connectivity index (χ4n) is 3.57. The number of anilines is 2. The van der Waals surface area contributed by atoms with E-state index in [0.717, 1.165) is 51.9 Å². The summed E-state index contributed by atoms with van der Waals surface area (Å²) in [6, 6.07) is 11.7. The average molecular weight is 357 g/mol. The van der Waals surface area contributed by atoms with E-state index < -0.39 is 0 Å². The number of para-hydroxylation sites is 1. The molecule has 0 unspecified atom stereocenters. The second-order valence-electron chi connectivity index (χ2n) is 6.41. The molecule has 5 heteroatoms. The molecule has 1 amide bonds. The number of furan rings is 1. The highest BCUT2D eigenvalue weighted by molar-refractivity contribution is 6.09. The Bertz CT molecular complexity index is 962. The molecule has 0 bridgehead atoms. The van der Waals surface area contributed by atoms with Crippen molar-refractivity contribution in [3.63, 3.8) is 0 Å². The van der Waals surface area contributed by atoms with Crippen molar-refractivity contribution in [3.8, 4) is 0 Å². The number of halogens is 1. The van der Waals surface area contributed by atoms with Gasteiger partial charge >= 0.3 is 0 Å². The Morgan fingerprint density at radius 3 is 2.68 bits per heavy atom. The molecule has 2 aromatic carbocycles. The first-order valence-electron chi connectivity index (χ1n) is 8.26. The van der Waals surface area contributed by atoms with Gasteiger partial charge in [-0.2, -0.15) is 0 Å². The minimum absolute atomic E-state index is 0. The molecule has 0 radical (unpaired) electrons. The van der Waals surface area contributed by atoms with Gasteiger partial charge in [-0.25, -0.2) is 0 Å². The van der Waals surface area contributed by atoms with Gasteiger partial charge in [-0.05, 0) is 49.9 Å². The van der Waals surface area contributed by atoms with Crippen LogP contribution in [0.15, 0.2) is 40.8 Å². The lowest BCUT2D eigenvalue weighted by molar-refractivity contribution is 0.0959. The van der Waals surface area contributed by atoms with Gasteiger partial charge in [-0.15, -0.1) is 12.4 Å². The van der Waals surface area contributed by atoms with E-state index in [9.17, 15) is 4.79 Å². The number of nitrogen functional groups attached to an aromatic ring is 1. The predicted octanol–water partition coefficient (Wildman–Crippen LogP) is 4.65. The molecular formula is C20H21ClN2O2. The number of amides is 1. The van der Waals surface area contributed by atoms with Crippen molar-refractivity contribution in [3.05, 3.63) is 58.8 Å². The number of carbonyl (C=O) groups is 1. The summed E-state index contributed by atoms with van der Waals surface area (Å²) in [5.74, 6) is 0.337. The van der Waals surface area contributed by atoms with Crippen LogP contribution in [0.25, 0.3) is 11.0 Å². The van der Waals surface area contributed by atoms with E-state index in [1.54, 1.807) is 4.90 Å². The molecule has 1 aromatic heterocycles. The number of aryl methyl sites for hydroxylation is 2. The van der Waals surface area contributed by atoms with Crippen molar-refractivity contribution in [2.24, 2.45) is 0 Å². The molecule has 0 saturated heterocycles. The first-order chi connectivity index (χ1) is 11.6. The van der Waals surface area contributed by atoms with Gasteiger partial charge in [0, 0.05) is 28.9 Å². The van der Waals surface area contributed by atoms with Gasteiger partial charge in [0.2, 0.25) is 0 Å². The number of nitrogens with two attached hydrogens (primary N) is 1. The summed E-state index contributed by atoms with van der Waals surface area (Å²) in [6.07, 6.45) is 1.81. The minimum Gasteiger partial charge on any atom is -0.450 e. The second kappa shape index (κ2) is 6.45. The largest absolute Gasteiger partial charge is 0.450 e. The number of benzene rings is 2. The Balaban J connectivity index is 0.00000182. The molecule has 0 spiro atoms. The number of fused-ring (bicyclic) bond motifs is 2. The maximum absolute atomic E-state index is 13.2. The van der Waals surface area contributed by atoms with Crippen LogP contribution >= 0.6 is 12.4 Å². The molecule has 2 heterocycles. The lowest BCUT2D eigenvalue weighted by Gasteiger charge is -2.29. The second-order valence-corrected chi connectivity index (χ2v) is 6.41. The van der Waals surface area contributed by atoms with Crippen LogP contribution in [-0.4, -0.2) is 12.5 Å². The lowest BCUT2D eigenvalue weighted by atomic mass is 9.99. The molecule has 1 aliphatic heterocycles. The third-order valence-electron chi connectivity index (χ3n) is 4.89. The van der Waals surface area contributed by atoms with Gasteiger partial charge < -0.3 is 15.1 Å². The summed E-state index contributed by atoms with van der Waals surface area (Å²) in [5.41, 5.74) is 11.5. The Hall–Kier alpha value is -2.46. The van der Waals surface area contributed by atoms with Gasteiger partial charge in [0.1, 0.15) is 5.58 Å². The molecule has 25 heavy (non-hydrogen) atoms. The van der Waals surface area contributed by atoms with Crippen LogP contribution in [0.2, 0.25) is 0 Å². The van der Waals surface area contributed by atoms with E-state index in [2.05, 4.69) is 0 Å². The Labute approximate surface area is 153 Å². The molecule has 0 saturated carbocycles. The summed E-state index contributed by atoms with van der Waals surface area (Å²) in [5, 5.41) is 1.00. The van der Waals surface area contributed by atoms with Crippen LogP contribution in [0, 0.1) is 13.8 Å². The fraction of sp³-hybridized carbons (Fsp3) is 0.250. The van der Waals surface area contributed by atoms with Gasteiger partial charge in [-0.3, -0.25) is 4.79 Å². The number of carbonyl (C=O) groups excluding carboxylic acids is 1. The SMILES string of the molecule is Cc1c(C(=O)N2CCCc3c(N)cccc32)oc2c(C)cccc12.Cl. The van der Waals surface area contributed by atoms with Crippen molar-refractivity contribution in [2.45, 2.75) is 26.7 Å². The molecule has 2 N–H and O–H groups in total. The summed E-state index contributed by atoms with van der Waals surface area (Å²) in [6.45, 7) is 4.63. The lowest BCUT2D eigenvalue weighted by Crippen LogP contribution is -2.35. The standard InChI is InChI=1S/C20H20N2O2.ClH/c1-12-6-3-7-14-13(2)19(24-18(12)14)20(23)22-11-5-8-15-16(21)9-4-10-17(15)22;/h3-4,6-7,9-10H,5,8,11,21H2,1-2H3;1H. The van der Waals surface area contributed by atoms with Crippen LogP contribution in [-0.2, 0) is 6.42 Å². The van der Waals surface area contributed by atoms with Crippen LogP contribution in [0.1, 0.15) is 33.7 Å². The van der Waals surface area contributed by atoms with Gasteiger partial charge in [0.15, 0.2) is 5.76 Å². The molecule has 1 aliphatic rings. The zero-order chi connectivity index (χ0) is 16.8. The topological polar surface area (TPSA) is 59.5 Å². The van der Waals surface area contributed by atoms with E-state index in [-0.39, 0.29) is 18.3 Å². The van der Waals surface area contributed by atoms with Crippen LogP contribution in [0.4, 0.5) is 11.4 Å². The van der Waals surface area contributed by atoms with Crippen molar-refractivity contribution >= 4 is 40.7 Å². The summed E-state index contributed by atoms with van der Waals surface area (Å²) < 4.78 is 5.97. The molecule has 0 fully saturated rings. The van der Waals surface area contributed by atoms with E-state index in [1.165, 1.54) is 0 Å². The van der Waals surface area contributed by atoms with Gasteiger partial charge in [-0.1, -0.05) is 24.3 Å². The molecular weight excluding hydrogens is 336 g/mol. The Morgan fingerprint density at radius 2 is 1.92 bits per heavy atom. The van der Waals surface area contributed by atoms with Gasteiger partial charge in [0.05, 0.1) is 0 Å². The molecule has 3 aromatic rings. The fourth-order valence-corrected chi connectivity index (χ4v) is 3.57. The van der Waals surface area contributed by atoms with Gasteiger partial charge in [0.25, 0.3) is 5.91 Å². The van der Waals surface area contributed by atoms with Crippen molar-refractivity contribution in [1.82, 2.24) is 0 Å². The zero-order valence-electron chi connectivity index (χ0n) is 14.3. The van der Waals surface area contributed by atoms with Crippen LogP contribution < -0.4 is 10.6 Å². The first kappa shape index (κ1) is 17.4. The van der Waals surface area contributed by atoms with E-state index in [1.807, 2.05) is 50.2 Å². The third kappa shape index (κ3) is 2.67. The number of hydrogen-bond donors (Lipinski definition) is 1. The monoisotopic (exact) mass is 356 g/mol. The number of nitrogens with zero attached hydrogens (tertiary/aromatic N) is 1. The highest BCUT2D eigenvalue weighted by atomic mass is 35.5. The van der Waals surface area contributed by atoms with E-state index in [0.29, 0.717) is 12.3 Å². The highest BCUT2D eigenvalue weighted by Gasteiger charge is 2.28. The maximum Gasteiger partial charge on any atom is 0.294 e. The van der Waals surface area contributed by atoms with E-state index in [4.69, 9.17) is 10.2 Å². The first-order valence-corrected chi connectivity index (χ1v) is 8.26. The predicted molar refractivity (Wildman–Crippen MR) is 104 cm³/mol. The highest BCUT2D eigenvalue weighted by Crippen LogP contribution is 2.34. The number of rotatable bonds is 1. The Kier molecular flexibility index (Phi) is 4.48. The number of hydrogen-bond acceptors (Lipinski definition) is 3. The van der Waals surface area contributed by atoms with Crippen LogP contribution in [0.3, 0.4) is 0 Å². The molecule has 130 valence electrons. The quantitative estimate of drug-likeness (QED) is 0.646. The average Bonchev–Trinajstić information content (AvgIpc) is 2.93.